The maximum atomic E-state index is 13.3. The molecular formula is C13H11F2N3O3. The molecule has 8 heteroatoms. The molecule has 0 fully saturated rings. The van der Waals surface area contributed by atoms with E-state index in [4.69, 9.17) is 0 Å². The molecular weight excluding hydrogens is 284 g/mol. The lowest BCUT2D eigenvalue weighted by atomic mass is 10.2. The van der Waals surface area contributed by atoms with Crippen molar-refractivity contribution in [3.63, 3.8) is 0 Å². The Kier molecular flexibility index (Phi) is 4.27. The van der Waals surface area contributed by atoms with Crippen LogP contribution in [0, 0.1) is 11.6 Å². The van der Waals surface area contributed by atoms with E-state index < -0.39 is 34.5 Å². The van der Waals surface area contributed by atoms with Gasteiger partial charge in [0.25, 0.3) is 5.56 Å². The van der Waals surface area contributed by atoms with Gasteiger partial charge in [0.15, 0.2) is 0 Å². The Morgan fingerprint density at radius 2 is 1.86 bits per heavy atom. The summed E-state index contributed by atoms with van der Waals surface area (Å²) in [5, 5.41) is 2.10. The molecule has 1 heterocycles. The van der Waals surface area contributed by atoms with Gasteiger partial charge in [-0.25, -0.2) is 13.6 Å². The SMILES string of the molecule is O=C(CCn1ccc(=O)[nH]c1=O)Nc1c(F)cccc1F. The molecule has 0 aliphatic carbocycles. The molecule has 0 saturated carbocycles. The number of hydrogen-bond acceptors (Lipinski definition) is 3. The third-order valence-electron chi connectivity index (χ3n) is 2.70. The molecule has 0 aliphatic rings. The summed E-state index contributed by atoms with van der Waals surface area (Å²) in [5.41, 5.74) is -1.74. The molecule has 0 aliphatic heterocycles. The normalized spacial score (nSPS) is 10.4. The highest BCUT2D eigenvalue weighted by molar-refractivity contribution is 5.90. The monoisotopic (exact) mass is 295 g/mol. The van der Waals surface area contributed by atoms with Crippen LogP contribution in [0.4, 0.5) is 14.5 Å². The van der Waals surface area contributed by atoms with Gasteiger partial charge in [-0.2, -0.15) is 0 Å². The third kappa shape index (κ3) is 3.62. The average Bonchev–Trinajstić information content (AvgIpc) is 2.42. The molecule has 1 amide bonds. The van der Waals surface area contributed by atoms with E-state index in [-0.39, 0.29) is 13.0 Å². The summed E-state index contributed by atoms with van der Waals surface area (Å²) in [7, 11) is 0. The summed E-state index contributed by atoms with van der Waals surface area (Å²) in [6.45, 7) is -0.0302. The first kappa shape index (κ1) is 14.6. The maximum absolute atomic E-state index is 13.3. The standard InChI is InChI=1S/C13H11F2N3O3/c14-8-2-1-3-9(15)12(8)16-10(19)4-6-18-7-5-11(20)17-13(18)21/h1-3,5,7H,4,6H2,(H,16,19)(H,17,20,21). The topological polar surface area (TPSA) is 84.0 Å². The molecule has 6 nitrogen and oxygen atoms in total. The number of halogens is 2. The number of benzene rings is 1. The van der Waals surface area contributed by atoms with Crippen molar-refractivity contribution in [2.45, 2.75) is 13.0 Å². The number of nitrogens with one attached hydrogen (secondary N) is 2. The van der Waals surface area contributed by atoms with Gasteiger partial charge in [-0.3, -0.25) is 14.6 Å². The van der Waals surface area contributed by atoms with E-state index in [0.717, 1.165) is 22.8 Å². The van der Waals surface area contributed by atoms with Crippen molar-refractivity contribution in [1.82, 2.24) is 9.55 Å². The zero-order valence-corrected chi connectivity index (χ0v) is 10.7. The molecule has 2 aromatic rings. The van der Waals surface area contributed by atoms with Crippen LogP contribution < -0.4 is 16.6 Å². The highest BCUT2D eigenvalue weighted by Crippen LogP contribution is 2.17. The van der Waals surface area contributed by atoms with E-state index >= 15 is 0 Å². The average molecular weight is 295 g/mol. The second kappa shape index (κ2) is 6.12. The number of hydrogen-bond donors (Lipinski definition) is 2. The Hall–Kier alpha value is -2.77. The van der Waals surface area contributed by atoms with Gasteiger partial charge in [-0.1, -0.05) is 6.07 Å². The van der Waals surface area contributed by atoms with Crippen molar-refractivity contribution in [2.24, 2.45) is 0 Å². The molecule has 21 heavy (non-hydrogen) atoms. The predicted molar refractivity (Wildman–Crippen MR) is 70.9 cm³/mol. The predicted octanol–water partition coefficient (Wildman–Crippen LogP) is 0.844. The van der Waals surface area contributed by atoms with Crippen LogP contribution in [0.1, 0.15) is 6.42 Å². The van der Waals surface area contributed by atoms with Crippen LogP contribution >= 0.6 is 0 Å². The van der Waals surface area contributed by atoms with Crippen molar-refractivity contribution in [1.29, 1.82) is 0 Å². The Bertz CT molecular complexity index is 762. The molecule has 2 rings (SSSR count). The minimum absolute atomic E-state index is 0.0302. The van der Waals surface area contributed by atoms with Crippen LogP contribution in [0.2, 0.25) is 0 Å². The number of aromatic amines is 1. The zero-order valence-electron chi connectivity index (χ0n) is 10.7. The number of H-pyrrole nitrogens is 1. The van der Waals surface area contributed by atoms with Gasteiger partial charge in [0.1, 0.15) is 17.3 Å². The fourth-order valence-electron chi connectivity index (χ4n) is 1.66. The first-order valence-electron chi connectivity index (χ1n) is 6.01. The minimum atomic E-state index is -0.885. The van der Waals surface area contributed by atoms with Gasteiger partial charge in [0.2, 0.25) is 5.91 Å². The van der Waals surface area contributed by atoms with Crippen LogP contribution in [0.3, 0.4) is 0 Å². The maximum Gasteiger partial charge on any atom is 0.328 e. The summed E-state index contributed by atoms with van der Waals surface area (Å²) in [6.07, 6.45) is 1.05. The summed E-state index contributed by atoms with van der Waals surface area (Å²) in [5.74, 6) is -2.42. The lowest BCUT2D eigenvalue weighted by Crippen LogP contribution is -2.29. The van der Waals surface area contributed by atoms with Gasteiger partial charge in [0.05, 0.1) is 0 Å². The summed E-state index contributed by atoms with van der Waals surface area (Å²) < 4.78 is 27.8. The Morgan fingerprint density at radius 3 is 2.48 bits per heavy atom. The number of aromatic nitrogens is 2. The van der Waals surface area contributed by atoms with Crippen molar-refractivity contribution in [3.8, 4) is 0 Å². The van der Waals surface area contributed by atoms with E-state index in [9.17, 15) is 23.2 Å². The number of anilines is 1. The molecule has 110 valence electrons. The number of para-hydroxylation sites is 1. The highest BCUT2D eigenvalue weighted by atomic mass is 19.1. The molecule has 0 radical (unpaired) electrons. The fourth-order valence-corrected chi connectivity index (χ4v) is 1.66. The molecule has 0 atom stereocenters. The highest BCUT2D eigenvalue weighted by Gasteiger charge is 2.11. The van der Waals surface area contributed by atoms with Gasteiger partial charge < -0.3 is 9.88 Å². The fraction of sp³-hybridized carbons (Fsp3) is 0.154. The van der Waals surface area contributed by atoms with Crippen LogP contribution in [-0.2, 0) is 11.3 Å². The van der Waals surface area contributed by atoms with Crippen LogP contribution in [0.15, 0.2) is 40.1 Å². The Morgan fingerprint density at radius 1 is 1.19 bits per heavy atom. The minimum Gasteiger partial charge on any atom is -0.321 e. The first-order chi connectivity index (χ1) is 9.97. The molecule has 0 saturated heterocycles. The number of carbonyl (C=O) groups is 1. The number of aryl methyl sites for hydroxylation is 1. The number of carbonyl (C=O) groups excluding carboxylic acids is 1. The van der Waals surface area contributed by atoms with Crippen LogP contribution in [0.25, 0.3) is 0 Å². The Balaban J connectivity index is 2.03. The molecule has 0 bridgehead atoms. The van der Waals surface area contributed by atoms with E-state index in [2.05, 4.69) is 5.32 Å². The van der Waals surface area contributed by atoms with Crippen LogP contribution in [0.5, 0.6) is 0 Å². The first-order valence-corrected chi connectivity index (χ1v) is 6.01. The van der Waals surface area contributed by atoms with Crippen LogP contribution in [-0.4, -0.2) is 15.5 Å². The van der Waals surface area contributed by atoms with E-state index in [0.29, 0.717) is 0 Å². The quantitative estimate of drug-likeness (QED) is 0.877. The lowest BCUT2D eigenvalue weighted by Gasteiger charge is -2.08. The summed E-state index contributed by atoms with van der Waals surface area (Å²) >= 11 is 0. The van der Waals surface area contributed by atoms with Gasteiger partial charge in [-0.05, 0) is 12.1 Å². The smallest absolute Gasteiger partial charge is 0.321 e. The molecule has 1 aromatic heterocycles. The number of amides is 1. The molecule has 0 unspecified atom stereocenters. The summed E-state index contributed by atoms with van der Waals surface area (Å²) in [4.78, 5) is 35.9. The zero-order chi connectivity index (χ0) is 15.4. The third-order valence-corrected chi connectivity index (χ3v) is 2.70. The molecule has 1 aromatic carbocycles. The summed E-state index contributed by atoms with van der Waals surface area (Å²) in [6, 6.07) is 4.35. The van der Waals surface area contributed by atoms with E-state index in [1.807, 2.05) is 4.98 Å². The van der Waals surface area contributed by atoms with Crippen molar-refractivity contribution in [3.05, 3.63) is 62.9 Å². The molecule has 2 N–H and O–H groups in total. The van der Waals surface area contributed by atoms with Crippen molar-refractivity contribution >= 4 is 11.6 Å². The van der Waals surface area contributed by atoms with Gasteiger partial charge in [-0.15, -0.1) is 0 Å². The number of nitrogens with zero attached hydrogens (tertiary/aromatic N) is 1. The van der Waals surface area contributed by atoms with E-state index in [1.54, 1.807) is 0 Å². The van der Waals surface area contributed by atoms with Gasteiger partial charge >= 0.3 is 5.69 Å². The molecule has 0 spiro atoms. The second-order valence-electron chi connectivity index (χ2n) is 4.20. The van der Waals surface area contributed by atoms with Crippen molar-refractivity contribution < 1.29 is 13.6 Å². The number of rotatable bonds is 4. The lowest BCUT2D eigenvalue weighted by molar-refractivity contribution is -0.116. The Labute approximate surface area is 117 Å². The largest absolute Gasteiger partial charge is 0.328 e. The van der Waals surface area contributed by atoms with E-state index in [1.165, 1.54) is 12.3 Å². The van der Waals surface area contributed by atoms with Gasteiger partial charge in [0, 0.05) is 25.2 Å². The van der Waals surface area contributed by atoms with Crippen molar-refractivity contribution in [2.75, 3.05) is 5.32 Å². The second-order valence-corrected chi connectivity index (χ2v) is 4.20.